The molecule has 2 aromatic heterocycles. The smallest absolute Gasteiger partial charge is 0.205 e. The summed E-state index contributed by atoms with van der Waals surface area (Å²) in [5.74, 6) is 3.11. The summed E-state index contributed by atoms with van der Waals surface area (Å²) < 4.78 is 7.54. The number of nitrogens with zero attached hydrogens (tertiary/aromatic N) is 4. The van der Waals surface area contributed by atoms with Crippen LogP contribution in [0.5, 0.6) is 0 Å². The van der Waals surface area contributed by atoms with Crippen molar-refractivity contribution in [3.63, 3.8) is 0 Å². The average molecular weight is 267 g/mol. The van der Waals surface area contributed by atoms with Crippen molar-refractivity contribution in [3.8, 4) is 0 Å². The van der Waals surface area contributed by atoms with Gasteiger partial charge in [0.2, 0.25) is 5.89 Å². The van der Waals surface area contributed by atoms with Crippen molar-refractivity contribution >= 4 is 11.8 Å². The third-order valence-electron chi connectivity index (χ3n) is 2.65. The van der Waals surface area contributed by atoms with E-state index < -0.39 is 0 Å². The summed E-state index contributed by atoms with van der Waals surface area (Å²) in [6, 6.07) is 0. The molecule has 0 aromatic carbocycles. The number of thioether (sulfide) groups is 1. The van der Waals surface area contributed by atoms with Crippen molar-refractivity contribution < 1.29 is 4.42 Å². The van der Waals surface area contributed by atoms with Gasteiger partial charge in [0.15, 0.2) is 5.16 Å². The zero-order valence-electron chi connectivity index (χ0n) is 10.8. The lowest BCUT2D eigenvalue weighted by atomic mass is 10.4. The molecule has 0 saturated carbocycles. The van der Waals surface area contributed by atoms with E-state index in [0.717, 1.165) is 34.9 Å². The predicted octanol–water partition coefficient (Wildman–Crippen LogP) is 1.44. The molecule has 2 heterocycles. The van der Waals surface area contributed by atoms with E-state index in [2.05, 4.69) is 15.2 Å². The number of rotatable bonds is 5. The van der Waals surface area contributed by atoms with Crippen LogP contribution in [-0.2, 0) is 12.3 Å². The standard InChI is InChI=1S/C11H17N5OS/c1-7-8(2)17-10(13-7)6-18-11-15-14-9(3)16(11)5-4-12/h4-6,12H2,1-3H3. The van der Waals surface area contributed by atoms with E-state index in [9.17, 15) is 0 Å². The predicted molar refractivity (Wildman–Crippen MR) is 69.4 cm³/mol. The van der Waals surface area contributed by atoms with Crippen molar-refractivity contribution in [2.45, 2.75) is 38.2 Å². The van der Waals surface area contributed by atoms with Gasteiger partial charge in [0, 0.05) is 13.1 Å². The van der Waals surface area contributed by atoms with Gasteiger partial charge in [0.25, 0.3) is 0 Å². The molecule has 0 spiro atoms. The number of oxazole rings is 1. The van der Waals surface area contributed by atoms with E-state index in [1.165, 1.54) is 0 Å². The highest BCUT2D eigenvalue weighted by Crippen LogP contribution is 2.22. The summed E-state index contributed by atoms with van der Waals surface area (Å²) in [6.07, 6.45) is 0. The summed E-state index contributed by atoms with van der Waals surface area (Å²) >= 11 is 1.56. The second-order valence-corrected chi connectivity index (χ2v) is 4.95. The first kappa shape index (κ1) is 13.1. The van der Waals surface area contributed by atoms with E-state index >= 15 is 0 Å². The molecule has 0 fully saturated rings. The molecule has 0 bridgehead atoms. The van der Waals surface area contributed by atoms with E-state index in [1.807, 2.05) is 25.3 Å². The summed E-state index contributed by atoms with van der Waals surface area (Å²) in [4.78, 5) is 4.34. The van der Waals surface area contributed by atoms with E-state index in [0.29, 0.717) is 12.3 Å². The Hall–Kier alpha value is -1.34. The third-order valence-corrected chi connectivity index (χ3v) is 3.60. The van der Waals surface area contributed by atoms with Crippen LogP contribution >= 0.6 is 11.8 Å². The fourth-order valence-electron chi connectivity index (χ4n) is 1.58. The summed E-state index contributed by atoms with van der Waals surface area (Å²) in [7, 11) is 0. The molecular weight excluding hydrogens is 250 g/mol. The largest absolute Gasteiger partial charge is 0.445 e. The Morgan fingerprint density at radius 3 is 2.67 bits per heavy atom. The maximum absolute atomic E-state index is 5.57. The first-order chi connectivity index (χ1) is 8.61. The van der Waals surface area contributed by atoms with Gasteiger partial charge in [-0.05, 0) is 20.8 Å². The molecule has 7 heteroatoms. The van der Waals surface area contributed by atoms with Gasteiger partial charge in [-0.3, -0.25) is 0 Å². The highest BCUT2D eigenvalue weighted by molar-refractivity contribution is 7.98. The molecule has 2 N–H and O–H groups in total. The molecular formula is C11H17N5OS. The van der Waals surface area contributed by atoms with Crippen LogP contribution in [0.25, 0.3) is 0 Å². The van der Waals surface area contributed by atoms with Crippen LogP contribution in [0.2, 0.25) is 0 Å². The lowest BCUT2D eigenvalue weighted by Gasteiger charge is -2.04. The SMILES string of the molecule is Cc1nc(CSc2nnc(C)n2CCN)oc1C. The van der Waals surface area contributed by atoms with Gasteiger partial charge in [0.1, 0.15) is 11.6 Å². The summed E-state index contributed by atoms with van der Waals surface area (Å²) in [5, 5.41) is 9.04. The summed E-state index contributed by atoms with van der Waals surface area (Å²) in [6.45, 7) is 7.08. The Kier molecular flexibility index (Phi) is 4.03. The molecule has 2 rings (SSSR count). The Balaban J connectivity index is 2.06. The number of aryl methyl sites for hydroxylation is 3. The molecule has 0 unspecified atom stereocenters. The van der Waals surface area contributed by atoms with Crippen LogP contribution in [-0.4, -0.2) is 26.3 Å². The molecule has 0 aliphatic rings. The quantitative estimate of drug-likeness (QED) is 0.825. The number of nitrogens with two attached hydrogens (primary N) is 1. The zero-order chi connectivity index (χ0) is 13.1. The Bertz CT molecular complexity index is 514. The summed E-state index contributed by atoms with van der Waals surface area (Å²) in [5.41, 5.74) is 6.51. The average Bonchev–Trinajstić information content (AvgIpc) is 2.83. The Morgan fingerprint density at radius 1 is 1.28 bits per heavy atom. The number of hydrogen-bond donors (Lipinski definition) is 1. The molecule has 0 radical (unpaired) electrons. The molecule has 98 valence electrons. The van der Waals surface area contributed by atoms with E-state index in [1.54, 1.807) is 11.8 Å². The molecule has 0 saturated heterocycles. The lowest BCUT2D eigenvalue weighted by molar-refractivity contribution is 0.489. The molecule has 0 aliphatic carbocycles. The lowest BCUT2D eigenvalue weighted by Crippen LogP contribution is -2.12. The van der Waals surface area contributed by atoms with Gasteiger partial charge in [-0.1, -0.05) is 11.8 Å². The maximum Gasteiger partial charge on any atom is 0.205 e. The van der Waals surface area contributed by atoms with E-state index in [-0.39, 0.29) is 0 Å². The first-order valence-corrected chi connectivity index (χ1v) is 6.76. The Morgan fingerprint density at radius 2 is 2.06 bits per heavy atom. The van der Waals surface area contributed by atoms with Crippen LogP contribution in [0.15, 0.2) is 9.57 Å². The maximum atomic E-state index is 5.57. The van der Waals surface area contributed by atoms with Gasteiger partial charge in [-0.15, -0.1) is 10.2 Å². The van der Waals surface area contributed by atoms with Gasteiger partial charge in [-0.25, -0.2) is 4.98 Å². The molecule has 18 heavy (non-hydrogen) atoms. The highest BCUT2D eigenvalue weighted by atomic mass is 32.2. The molecule has 0 atom stereocenters. The monoisotopic (exact) mass is 267 g/mol. The van der Waals surface area contributed by atoms with Crippen molar-refractivity contribution in [1.29, 1.82) is 0 Å². The second kappa shape index (κ2) is 5.53. The zero-order valence-corrected chi connectivity index (χ0v) is 11.6. The van der Waals surface area contributed by atoms with Crippen molar-refractivity contribution in [2.75, 3.05) is 6.54 Å². The molecule has 2 aromatic rings. The minimum atomic E-state index is 0.573. The molecule has 6 nitrogen and oxygen atoms in total. The van der Waals surface area contributed by atoms with Gasteiger partial charge in [0.05, 0.1) is 11.4 Å². The molecule has 0 aliphatic heterocycles. The van der Waals surface area contributed by atoms with Gasteiger partial charge >= 0.3 is 0 Å². The van der Waals surface area contributed by atoms with Crippen molar-refractivity contribution in [2.24, 2.45) is 5.73 Å². The van der Waals surface area contributed by atoms with Crippen molar-refractivity contribution in [3.05, 3.63) is 23.2 Å². The van der Waals surface area contributed by atoms with Crippen LogP contribution in [0.4, 0.5) is 0 Å². The van der Waals surface area contributed by atoms with E-state index in [4.69, 9.17) is 10.2 Å². The second-order valence-electron chi connectivity index (χ2n) is 4.01. The van der Waals surface area contributed by atoms with Gasteiger partial charge in [-0.2, -0.15) is 0 Å². The van der Waals surface area contributed by atoms with Crippen LogP contribution < -0.4 is 5.73 Å². The van der Waals surface area contributed by atoms with Crippen LogP contribution in [0, 0.1) is 20.8 Å². The van der Waals surface area contributed by atoms with Crippen molar-refractivity contribution in [1.82, 2.24) is 19.7 Å². The number of aromatic nitrogens is 4. The minimum absolute atomic E-state index is 0.573. The topological polar surface area (TPSA) is 82.8 Å². The van der Waals surface area contributed by atoms with Crippen LogP contribution in [0.1, 0.15) is 23.2 Å². The number of hydrogen-bond acceptors (Lipinski definition) is 6. The minimum Gasteiger partial charge on any atom is -0.445 e. The molecule has 0 amide bonds. The first-order valence-electron chi connectivity index (χ1n) is 5.77. The van der Waals surface area contributed by atoms with Crippen LogP contribution in [0.3, 0.4) is 0 Å². The third kappa shape index (κ3) is 2.73. The fourth-order valence-corrected chi connectivity index (χ4v) is 2.44. The van der Waals surface area contributed by atoms with Gasteiger partial charge < -0.3 is 14.7 Å². The highest BCUT2D eigenvalue weighted by Gasteiger charge is 2.11. The normalized spacial score (nSPS) is 11.1. The Labute approximate surface area is 110 Å². The fraction of sp³-hybridized carbons (Fsp3) is 0.545.